The molecule has 20 heavy (non-hydrogen) atoms. The summed E-state index contributed by atoms with van der Waals surface area (Å²) in [6.07, 6.45) is 2.10. The molecular weight excluding hydrogens is 276 g/mol. The number of hydrogen-bond donors (Lipinski definition) is 0. The van der Waals surface area contributed by atoms with Crippen molar-refractivity contribution in [2.45, 2.75) is 13.3 Å². The summed E-state index contributed by atoms with van der Waals surface area (Å²) in [6.45, 7) is 1.87. The van der Waals surface area contributed by atoms with Gasteiger partial charge in [-0.05, 0) is 35.7 Å². The van der Waals surface area contributed by atoms with Crippen LogP contribution in [0, 0.1) is 6.92 Å². The average molecular weight is 289 g/mol. The van der Waals surface area contributed by atoms with Gasteiger partial charge in [-0.3, -0.25) is 14.5 Å². The van der Waals surface area contributed by atoms with E-state index in [-0.39, 0.29) is 12.2 Å². The van der Waals surface area contributed by atoms with Gasteiger partial charge in [0.2, 0.25) is 0 Å². The molecule has 5 heteroatoms. The summed E-state index contributed by atoms with van der Waals surface area (Å²) in [6, 6.07) is 7.34. The molecule has 0 atom stereocenters. The average Bonchev–Trinajstić information content (AvgIpc) is 2.59. The molecule has 1 aromatic carbocycles. The number of rotatable bonds is 0. The number of fused-ring (bicyclic) bond motifs is 2. The van der Waals surface area contributed by atoms with E-state index < -0.39 is 5.37 Å². The van der Waals surface area contributed by atoms with Crippen molar-refractivity contribution in [3.63, 3.8) is 0 Å². The van der Waals surface area contributed by atoms with Crippen molar-refractivity contribution in [1.29, 1.82) is 0 Å². The first-order valence-corrected chi connectivity index (χ1v) is 6.65. The monoisotopic (exact) mass is 288 g/mol. The van der Waals surface area contributed by atoms with Crippen LogP contribution in [0.2, 0.25) is 0 Å². The van der Waals surface area contributed by atoms with E-state index in [2.05, 4.69) is 0 Å². The van der Waals surface area contributed by atoms with Gasteiger partial charge in [0, 0.05) is 19.7 Å². The van der Waals surface area contributed by atoms with Crippen molar-refractivity contribution in [2.24, 2.45) is 7.05 Å². The number of para-hydroxylation sites is 1. The van der Waals surface area contributed by atoms with E-state index in [9.17, 15) is 9.59 Å². The first-order chi connectivity index (χ1) is 9.50. The number of ketones is 1. The number of aryl methyl sites for hydroxylation is 2. The molecular formula is C15H13ClN2O2. The largest absolute Gasteiger partial charge is 0.346 e. The highest BCUT2D eigenvalue weighted by Crippen LogP contribution is 2.39. The number of carbonyl (C=O) groups is 2. The fourth-order valence-corrected chi connectivity index (χ4v) is 2.99. The van der Waals surface area contributed by atoms with E-state index in [4.69, 9.17) is 11.6 Å². The lowest BCUT2D eigenvalue weighted by molar-refractivity contribution is 0.0987. The zero-order valence-corrected chi connectivity index (χ0v) is 11.9. The van der Waals surface area contributed by atoms with Gasteiger partial charge in [0.25, 0.3) is 0 Å². The molecule has 0 radical (unpaired) electrons. The van der Waals surface area contributed by atoms with E-state index in [1.165, 1.54) is 4.90 Å². The predicted molar refractivity (Wildman–Crippen MR) is 78.0 cm³/mol. The summed E-state index contributed by atoms with van der Waals surface area (Å²) in [4.78, 5) is 25.8. The van der Waals surface area contributed by atoms with E-state index in [1.807, 2.05) is 37.4 Å². The lowest BCUT2D eigenvalue weighted by Crippen LogP contribution is -2.21. The molecule has 102 valence electrons. The van der Waals surface area contributed by atoms with Crippen molar-refractivity contribution in [1.82, 2.24) is 4.57 Å². The molecule has 0 spiro atoms. The zero-order valence-electron chi connectivity index (χ0n) is 11.2. The van der Waals surface area contributed by atoms with E-state index in [0.717, 1.165) is 11.1 Å². The Kier molecular flexibility index (Phi) is 2.91. The molecule has 0 bridgehead atoms. The van der Waals surface area contributed by atoms with E-state index >= 15 is 0 Å². The van der Waals surface area contributed by atoms with E-state index in [0.29, 0.717) is 17.1 Å². The van der Waals surface area contributed by atoms with Crippen LogP contribution in [0.25, 0.3) is 0 Å². The molecule has 0 fully saturated rings. The maximum Gasteiger partial charge on any atom is 0.325 e. The van der Waals surface area contributed by atoms with Gasteiger partial charge in [0.05, 0.1) is 11.4 Å². The van der Waals surface area contributed by atoms with Crippen molar-refractivity contribution >= 4 is 34.1 Å². The van der Waals surface area contributed by atoms with Crippen LogP contribution < -0.4 is 4.90 Å². The van der Waals surface area contributed by atoms with Crippen LogP contribution in [0.4, 0.5) is 16.2 Å². The number of benzene rings is 1. The second kappa shape index (κ2) is 4.49. The molecule has 0 unspecified atom stereocenters. The van der Waals surface area contributed by atoms with Gasteiger partial charge in [-0.2, -0.15) is 0 Å². The first kappa shape index (κ1) is 12.9. The normalized spacial score (nSPS) is 13.8. The van der Waals surface area contributed by atoms with Crippen LogP contribution in [0.3, 0.4) is 0 Å². The lowest BCUT2D eigenvalue weighted by Gasteiger charge is -2.21. The fraction of sp³-hybridized carbons (Fsp3) is 0.200. The van der Waals surface area contributed by atoms with Gasteiger partial charge in [-0.25, -0.2) is 0 Å². The quantitative estimate of drug-likeness (QED) is 0.549. The molecule has 0 saturated heterocycles. The molecule has 2 aromatic rings. The van der Waals surface area contributed by atoms with Crippen molar-refractivity contribution in [2.75, 3.05) is 4.90 Å². The Bertz CT molecular complexity index is 733. The number of carbonyl (C=O) groups excluding carboxylic acids is 2. The minimum Gasteiger partial charge on any atom is -0.346 e. The lowest BCUT2D eigenvalue weighted by atomic mass is 10.1. The van der Waals surface area contributed by atoms with Crippen LogP contribution >= 0.6 is 11.6 Å². The van der Waals surface area contributed by atoms with Gasteiger partial charge in [0.15, 0.2) is 5.78 Å². The third kappa shape index (κ3) is 1.76. The number of hydrogen-bond acceptors (Lipinski definition) is 2. The van der Waals surface area contributed by atoms with Crippen LogP contribution in [-0.4, -0.2) is 15.7 Å². The summed E-state index contributed by atoms with van der Waals surface area (Å²) in [5.74, 6) is -0.0107. The Hall–Kier alpha value is -2.07. The number of anilines is 2. The topological polar surface area (TPSA) is 42.3 Å². The van der Waals surface area contributed by atoms with Crippen molar-refractivity contribution in [3.05, 3.63) is 47.3 Å². The third-order valence-corrected chi connectivity index (χ3v) is 3.75. The molecule has 3 rings (SSSR count). The van der Waals surface area contributed by atoms with Gasteiger partial charge >= 0.3 is 5.37 Å². The highest BCUT2D eigenvalue weighted by atomic mass is 35.5. The summed E-state index contributed by atoms with van der Waals surface area (Å²) < 4.78 is 1.76. The molecule has 4 nitrogen and oxygen atoms in total. The first-order valence-electron chi connectivity index (χ1n) is 6.27. The molecule has 1 aliphatic rings. The van der Waals surface area contributed by atoms with Crippen LogP contribution in [0.5, 0.6) is 0 Å². The predicted octanol–water partition coefficient (Wildman–Crippen LogP) is 3.57. The van der Waals surface area contributed by atoms with Crippen molar-refractivity contribution < 1.29 is 9.59 Å². The number of halogens is 1. The number of amides is 1. The number of nitrogens with zero attached hydrogens (tertiary/aromatic N) is 2. The fourth-order valence-electron chi connectivity index (χ4n) is 2.82. The van der Waals surface area contributed by atoms with Gasteiger partial charge in [0.1, 0.15) is 5.69 Å². The van der Waals surface area contributed by atoms with Gasteiger partial charge in [-0.1, -0.05) is 18.2 Å². The third-order valence-electron chi connectivity index (χ3n) is 3.58. The Morgan fingerprint density at radius 1 is 1.30 bits per heavy atom. The van der Waals surface area contributed by atoms with Crippen molar-refractivity contribution in [3.8, 4) is 0 Å². The van der Waals surface area contributed by atoms with Crippen LogP contribution in [0.15, 0.2) is 30.5 Å². The van der Waals surface area contributed by atoms with E-state index in [1.54, 1.807) is 11.6 Å². The smallest absolute Gasteiger partial charge is 0.325 e. The highest BCUT2D eigenvalue weighted by Gasteiger charge is 2.32. The standard InChI is InChI=1S/C15H13ClN2O2/c1-9-8-17(2)14-12(19)7-10-5-3-4-6-11(10)18(13(9)14)15(16)20/h3-6,8H,7H2,1-2H3. The molecule has 1 amide bonds. The SMILES string of the molecule is Cc1cn(C)c2c1N(C(=O)Cl)c1ccccc1CC2=O. The summed E-state index contributed by atoms with van der Waals surface area (Å²) in [5, 5.41) is -0.609. The summed E-state index contributed by atoms with van der Waals surface area (Å²) in [5.41, 5.74) is 3.44. The Labute approximate surface area is 121 Å². The maximum atomic E-state index is 12.5. The van der Waals surface area contributed by atoms with Crippen LogP contribution in [0.1, 0.15) is 21.6 Å². The zero-order chi connectivity index (χ0) is 14.4. The molecule has 1 aliphatic heterocycles. The minimum absolute atomic E-state index is 0.0107. The second-order valence-electron chi connectivity index (χ2n) is 4.94. The number of aromatic nitrogens is 1. The highest BCUT2D eigenvalue weighted by molar-refractivity contribution is 6.67. The van der Waals surface area contributed by atoms with Gasteiger partial charge in [-0.15, -0.1) is 0 Å². The summed E-state index contributed by atoms with van der Waals surface area (Å²) >= 11 is 5.78. The molecule has 1 aromatic heterocycles. The molecule has 2 heterocycles. The second-order valence-corrected chi connectivity index (χ2v) is 5.26. The minimum atomic E-state index is -0.609. The molecule has 0 saturated carbocycles. The van der Waals surface area contributed by atoms with Gasteiger partial charge < -0.3 is 4.57 Å². The summed E-state index contributed by atoms with van der Waals surface area (Å²) in [7, 11) is 1.80. The Morgan fingerprint density at radius 3 is 2.70 bits per heavy atom. The molecule has 0 N–H and O–H groups in total. The molecule has 0 aliphatic carbocycles. The Morgan fingerprint density at radius 2 is 2.00 bits per heavy atom. The number of Topliss-reactive ketones (excluding diaryl/α,β-unsaturated/α-hetero) is 1. The Balaban J connectivity index is 2.37. The maximum absolute atomic E-state index is 12.5. The van der Waals surface area contributed by atoms with Crippen LogP contribution in [-0.2, 0) is 13.5 Å².